The Morgan fingerprint density at radius 2 is 1.49 bits per heavy atom. The maximum atomic E-state index is 6.60. The van der Waals surface area contributed by atoms with Gasteiger partial charge in [0.2, 0.25) is 0 Å². The zero-order valence-electron chi connectivity index (χ0n) is 28.1. The summed E-state index contributed by atoms with van der Waals surface area (Å²) in [4.78, 5) is 9.35. The van der Waals surface area contributed by atoms with Crippen LogP contribution in [0, 0.1) is 18.8 Å². The van der Waals surface area contributed by atoms with Crippen LogP contribution in [0.4, 0.5) is 22.7 Å². The van der Waals surface area contributed by atoms with E-state index in [1.807, 2.05) is 18.3 Å². The first-order chi connectivity index (χ1) is 23.2. The minimum Gasteiger partial charge on any atom is -0.509 e. The number of hydrogen-bond donors (Lipinski definition) is 0. The summed E-state index contributed by atoms with van der Waals surface area (Å²) in [6.07, 6.45) is 1.90. The van der Waals surface area contributed by atoms with Gasteiger partial charge in [0.1, 0.15) is 5.82 Å². The van der Waals surface area contributed by atoms with Gasteiger partial charge < -0.3 is 19.1 Å². The third kappa shape index (κ3) is 4.89. The van der Waals surface area contributed by atoms with Gasteiger partial charge in [-0.15, -0.1) is 41.9 Å². The van der Waals surface area contributed by atoms with E-state index in [1.54, 1.807) is 0 Å². The molecule has 2 aromatic heterocycles. The van der Waals surface area contributed by atoms with E-state index in [-0.39, 0.29) is 31.9 Å². The number of aromatic nitrogens is 2. The van der Waals surface area contributed by atoms with Gasteiger partial charge in [-0.3, -0.25) is 0 Å². The zero-order chi connectivity index (χ0) is 32.8. The van der Waals surface area contributed by atoms with Crippen molar-refractivity contribution in [3.05, 3.63) is 151 Å². The Morgan fingerprint density at radius 1 is 0.735 bits per heavy atom. The van der Waals surface area contributed by atoms with Gasteiger partial charge in [-0.2, -0.15) is 12.1 Å². The molecule has 0 radical (unpaired) electrons. The van der Waals surface area contributed by atoms with Gasteiger partial charge in [0.25, 0.3) is 0 Å². The molecule has 2 aliphatic heterocycles. The Kier molecular flexibility index (Phi) is 7.28. The third-order valence-corrected chi connectivity index (χ3v) is 9.88. The van der Waals surface area contributed by atoms with Crippen LogP contribution in [0.3, 0.4) is 0 Å². The summed E-state index contributed by atoms with van der Waals surface area (Å²) in [5, 5.41) is 2.26. The van der Waals surface area contributed by atoms with Gasteiger partial charge in [-0.1, -0.05) is 94.4 Å². The molecular formula is C43H35N4OPt-3. The van der Waals surface area contributed by atoms with Gasteiger partial charge in [0.05, 0.1) is 0 Å². The first kappa shape index (κ1) is 31.4. The van der Waals surface area contributed by atoms with E-state index in [0.717, 1.165) is 44.7 Å². The Balaban J connectivity index is 0.00000348. The molecule has 5 aromatic carbocycles. The summed E-state index contributed by atoms with van der Waals surface area (Å²) in [6, 6.07) is 45.5. The molecule has 0 fully saturated rings. The number of pyridine rings is 1. The van der Waals surface area contributed by atoms with Gasteiger partial charge in [0, 0.05) is 61.3 Å². The maximum Gasteiger partial charge on any atom is 0.135 e. The van der Waals surface area contributed by atoms with Crippen molar-refractivity contribution in [2.75, 3.05) is 9.80 Å². The average Bonchev–Trinajstić information content (AvgIpc) is 3.64. The van der Waals surface area contributed by atoms with Crippen LogP contribution in [-0.2, 0) is 31.9 Å². The van der Waals surface area contributed by atoms with E-state index in [1.165, 1.54) is 22.4 Å². The van der Waals surface area contributed by atoms with Gasteiger partial charge in [-0.25, -0.2) is 4.98 Å². The number of para-hydroxylation sites is 3. The quantitative estimate of drug-likeness (QED) is 0.166. The van der Waals surface area contributed by atoms with Gasteiger partial charge in [0.15, 0.2) is 0 Å². The first-order valence-corrected chi connectivity index (χ1v) is 16.5. The second-order valence-corrected chi connectivity index (χ2v) is 14.3. The second-order valence-electron chi connectivity index (χ2n) is 14.3. The molecule has 0 spiro atoms. The summed E-state index contributed by atoms with van der Waals surface area (Å²) in [7, 11) is 0. The molecule has 9 rings (SSSR count). The Hall–Kier alpha value is -4.86. The molecule has 0 N–H and O–H groups in total. The molecule has 2 aliphatic rings. The van der Waals surface area contributed by atoms with E-state index in [2.05, 4.69) is 165 Å². The molecule has 0 saturated heterocycles. The molecule has 6 heteroatoms. The fourth-order valence-corrected chi connectivity index (χ4v) is 7.34. The van der Waals surface area contributed by atoms with Crippen LogP contribution < -0.4 is 14.5 Å². The number of anilines is 4. The minimum atomic E-state index is -0.215. The van der Waals surface area contributed by atoms with E-state index in [9.17, 15) is 0 Å². The van der Waals surface area contributed by atoms with Crippen LogP contribution in [-0.4, -0.2) is 9.55 Å². The molecule has 0 unspecified atom stereocenters. The van der Waals surface area contributed by atoms with Crippen LogP contribution in [0.25, 0.3) is 27.6 Å². The van der Waals surface area contributed by atoms with Crippen LogP contribution in [0.5, 0.6) is 11.5 Å². The smallest absolute Gasteiger partial charge is 0.135 e. The van der Waals surface area contributed by atoms with Crippen molar-refractivity contribution in [1.29, 1.82) is 0 Å². The van der Waals surface area contributed by atoms with E-state index in [0.29, 0.717) is 11.5 Å². The summed E-state index contributed by atoms with van der Waals surface area (Å²) in [5.74, 6) is 2.14. The number of benzene rings is 5. The number of hydrogen-bond acceptors (Lipinski definition) is 4. The molecular weight excluding hydrogens is 784 g/mol. The molecule has 5 nitrogen and oxygen atoms in total. The fourth-order valence-electron chi connectivity index (χ4n) is 7.34. The van der Waals surface area contributed by atoms with Crippen molar-refractivity contribution in [1.82, 2.24) is 9.55 Å². The number of ether oxygens (including phenoxy) is 1. The summed E-state index contributed by atoms with van der Waals surface area (Å²) in [5.41, 5.74) is 9.98. The molecule has 7 aromatic rings. The largest absolute Gasteiger partial charge is 0.509 e. The first-order valence-electron chi connectivity index (χ1n) is 16.5. The molecule has 49 heavy (non-hydrogen) atoms. The molecule has 0 saturated carbocycles. The zero-order valence-corrected chi connectivity index (χ0v) is 30.3. The Labute approximate surface area is 302 Å². The van der Waals surface area contributed by atoms with Crippen LogP contribution in [0.1, 0.15) is 51.3 Å². The number of fused-ring (bicyclic) bond motifs is 5. The van der Waals surface area contributed by atoms with Crippen LogP contribution in [0.2, 0.25) is 0 Å². The predicted molar refractivity (Wildman–Crippen MR) is 195 cm³/mol. The topological polar surface area (TPSA) is 33.5 Å². The SMILES string of the molecule is CC(C)(C)c1ccnc(-n2c3[c-]c(Oc4[c-]c5c(cc4)C(C)(C)c4cccc6c4N5[CH-]N6c4ccccc4)ccc3c3ccccc32)c1.[Pt]. The summed E-state index contributed by atoms with van der Waals surface area (Å²) < 4.78 is 8.79. The van der Waals surface area contributed by atoms with E-state index in [4.69, 9.17) is 9.72 Å². The van der Waals surface area contributed by atoms with Crippen molar-refractivity contribution in [3.63, 3.8) is 0 Å². The normalized spacial score (nSPS) is 14.5. The van der Waals surface area contributed by atoms with Gasteiger partial charge >= 0.3 is 0 Å². The summed E-state index contributed by atoms with van der Waals surface area (Å²) in [6.45, 7) is 13.4. The van der Waals surface area contributed by atoms with Crippen LogP contribution >= 0.6 is 0 Å². The van der Waals surface area contributed by atoms with Crippen molar-refractivity contribution in [2.45, 2.75) is 45.4 Å². The van der Waals surface area contributed by atoms with Crippen molar-refractivity contribution in [3.8, 4) is 17.3 Å². The second kappa shape index (κ2) is 11.4. The number of nitrogens with zero attached hydrogens (tertiary/aromatic N) is 4. The molecule has 0 amide bonds. The van der Waals surface area contributed by atoms with Crippen molar-refractivity contribution >= 4 is 44.6 Å². The van der Waals surface area contributed by atoms with Crippen LogP contribution in [0.15, 0.2) is 115 Å². The minimum absolute atomic E-state index is 0. The van der Waals surface area contributed by atoms with E-state index < -0.39 is 0 Å². The number of rotatable bonds is 4. The monoisotopic (exact) mass is 818 g/mol. The Morgan fingerprint density at radius 3 is 2.31 bits per heavy atom. The predicted octanol–water partition coefficient (Wildman–Crippen LogP) is 10.9. The fraction of sp³-hybridized carbons (Fsp3) is 0.163. The standard InChI is InChI=1S/C43H35N4O.Pt/c1-42(2,3)28-22-23-44-40(24-28)47-36-16-10-9-14-32(36)33-20-18-30(25-38(33)47)48-31-19-21-34-39(26-31)46-27-45(29-12-7-6-8-13-29)37-17-11-15-35(41(37)46)43(34,4)5;/h6-24,27H,1-5H3;/q-3;. The molecule has 246 valence electrons. The molecule has 0 aliphatic carbocycles. The van der Waals surface area contributed by atoms with Gasteiger partial charge in [-0.05, 0) is 63.7 Å². The molecule has 0 bridgehead atoms. The average molecular weight is 819 g/mol. The maximum absolute atomic E-state index is 6.60. The van der Waals surface area contributed by atoms with Crippen molar-refractivity contribution < 1.29 is 25.8 Å². The van der Waals surface area contributed by atoms with E-state index >= 15 is 0 Å². The third-order valence-electron chi connectivity index (χ3n) is 9.88. The van der Waals surface area contributed by atoms with Crippen molar-refractivity contribution in [2.24, 2.45) is 0 Å². The molecule has 0 atom stereocenters. The molecule has 4 heterocycles. The summed E-state index contributed by atoms with van der Waals surface area (Å²) >= 11 is 0. The Bertz CT molecular complexity index is 2390.